The quantitative estimate of drug-likeness (QED) is 0.170. The lowest BCUT2D eigenvalue weighted by Gasteiger charge is -2.49. The fraction of sp³-hybridized carbons (Fsp3) is 0.938. The molecule has 0 amide bonds. The van der Waals surface area contributed by atoms with Crippen LogP contribution in [0.5, 0.6) is 0 Å². The van der Waals surface area contributed by atoms with Gasteiger partial charge in [-0.3, -0.25) is 0 Å². The fourth-order valence-electron chi connectivity index (χ4n) is 3.52. The van der Waals surface area contributed by atoms with E-state index in [2.05, 4.69) is 0 Å². The molecule has 0 aromatic heterocycles. The van der Waals surface area contributed by atoms with Crippen LogP contribution in [-0.2, 0) is 23.7 Å². The Morgan fingerprint density at radius 1 is 1.13 bits per heavy atom. The molecule has 0 aromatic carbocycles. The summed E-state index contributed by atoms with van der Waals surface area (Å²) in [7, 11) is 1.13. The number of hydrogen-bond donors (Lipinski definition) is 9. The maximum absolute atomic E-state index is 12.0. The number of carbonyl (C=O) groups is 1. The van der Waals surface area contributed by atoms with E-state index in [1.807, 2.05) is 0 Å². The van der Waals surface area contributed by atoms with Crippen LogP contribution in [0.4, 0.5) is 0 Å². The van der Waals surface area contributed by atoms with Gasteiger partial charge in [-0.05, 0) is 0 Å². The summed E-state index contributed by atoms with van der Waals surface area (Å²) in [6.07, 6.45) is -18.2. The standard InChI is InChI=1S/C16H28O14/c1-27-11-5(19)2-16(15(25)26,30-13(11)8(21)6(20)3-17)29-12-9(22)7(4-18)28-14(24)10(12)23/h5-14,17-24H,2-4H2,1H3,(H,25,26)/t5-,6+,7+,8+,9-,10+,11+,12-,13-,14+,16+/m0/s1. The number of carboxylic acids is 1. The lowest BCUT2D eigenvalue weighted by molar-refractivity contribution is -0.374. The molecule has 2 heterocycles. The third-order valence-corrected chi connectivity index (χ3v) is 5.19. The minimum atomic E-state index is -2.78. The van der Waals surface area contributed by atoms with Crippen molar-refractivity contribution < 1.29 is 69.7 Å². The molecule has 2 fully saturated rings. The number of aliphatic hydroxyl groups is 8. The number of ether oxygens (including phenoxy) is 4. The summed E-state index contributed by atoms with van der Waals surface area (Å²) in [5, 5.41) is 88.6. The lowest BCUT2D eigenvalue weighted by Crippen LogP contribution is -2.68. The van der Waals surface area contributed by atoms with Crippen molar-refractivity contribution >= 4 is 5.97 Å². The number of methoxy groups -OCH3 is 1. The number of hydrogen-bond acceptors (Lipinski definition) is 13. The first kappa shape index (κ1) is 25.3. The Labute approximate surface area is 170 Å². The van der Waals surface area contributed by atoms with Gasteiger partial charge in [0.1, 0.15) is 48.8 Å². The van der Waals surface area contributed by atoms with E-state index in [1.54, 1.807) is 0 Å². The molecule has 2 rings (SSSR count). The lowest BCUT2D eigenvalue weighted by atomic mass is 9.90. The molecule has 176 valence electrons. The zero-order valence-corrected chi connectivity index (χ0v) is 16.0. The normalized spacial score (nSPS) is 44.4. The summed E-state index contributed by atoms with van der Waals surface area (Å²) >= 11 is 0. The van der Waals surface area contributed by atoms with Crippen LogP contribution >= 0.6 is 0 Å². The zero-order chi connectivity index (χ0) is 22.8. The maximum atomic E-state index is 12.0. The predicted octanol–water partition coefficient (Wildman–Crippen LogP) is -5.54. The van der Waals surface area contributed by atoms with E-state index in [1.165, 1.54) is 0 Å². The Morgan fingerprint density at radius 2 is 1.77 bits per heavy atom. The third kappa shape index (κ3) is 4.74. The van der Waals surface area contributed by atoms with E-state index < -0.39 is 92.6 Å². The second-order valence-corrected chi connectivity index (χ2v) is 7.16. The molecule has 14 nitrogen and oxygen atoms in total. The first-order chi connectivity index (χ1) is 14.0. The number of rotatable bonds is 8. The first-order valence-corrected chi connectivity index (χ1v) is 9.10. The van der Waals surface area contributed by atoms with Gasteiger partial charge in [-0.2, -0.15) is 0 Å². The molecule has 11 atom stereocenters. The molecule has 14 heteroatoms. The smallest absolute Gasteiger partial charge is 0.364 e. The van der Waals surface area contributed by atoms with E-state index in [0.29, 0.717) is 0 Å². The van der Waals surface area contributed by atoms with E-state index in [0.717, 1.165) is 7.11 Å². The van der Waals surface area contributed by atoms with Crippen LogP contribution in [-0.4, -0.2) is 139 Å². The van der Waals surface area contributed by atoms with Crippen molar-refractivity contribution in [1.82, 2.24) is 0 Å². The van der Waals surface area contributed by atoms with Crippen molar-refractivity contribution in [3.8, 4) is 0 Å². The molecule has 0 unspecified atom stereocenters. The maximum Gasteiger partial charge on any atom is 0.364 e. The molecule has 0 spiro atoms. The second-order valence-electron chi connectivity index (χ2n) is 7.16. The molecular weight excluding hydrogens is 416 g/mol. The van der Waals surface area contributed by atoms with E-state index in [4.69, 9.17) is 24.1 Å². The highest BCUT2D eigenvalue weighted by Crippen LogP contribution is 2.37. The average molecular weight is 444 g/mol. The van der Waals surface area contributed by atoms with E-state index >= 15 is 0 Å². The van der Waals surface area contributed by atoms with Gasteiger partial charge in [-0.15, -0.1) is 0 Å². The van der Waals surface area contributed by atoms with Gasteiger partial charge in [0.2, 0.25) is 0 Å². The van der Waals surface area contributed by atoms with Crippen LogP contribution < -0.4 is 0 Å². The second kappa shape index (κ2) is 10.1. The molecule has 9 N–H and O–H groups in total. The van der Waals surface area contributed by atoms with Crippen molar-refractivity contribution in [1.29, 1.82) is 0 Å². The van der Waals surface area contributed by atoms with Crippen molar-refractivity contribution in [3.63, 3.8) is 0 Å². The Hall–Kier alpha value is -1.01. The van der Waals surface area contributed by atoms with Gasteiger partial charge < -0.3 is 64.9 Å². The van der Waals surface area contributed by atoms with Gasteiger partial charge >= 0.3 is 5.97 Å². The number of aliphatic carboxylic acids is 1. The summed E-state index contributed by atoms with van der Waals surface area (Å²) in [4.78, 5) is 12.0. The van der Waals surface area contributed by atoms with Crippen molar-refractivity contribution in [2.24, 2.45) is 0 Å². The molecule has 0 aromatic rings. The zero-order valence-electron chi connectivity index (χ0n) is 16.0. The summed E-state index contributed by atoms with van der Waals surface area (Å²) in [6.45, 7) is -1.72. The highest BCUT2D eigenvalue weighted by atomic mass is 16.7. The Bertz CT molecular complexity index is 576. The monoisotopic (exact) mass is 444 g/mol. The predicted molar refractivity (Wildman–Crippen MR) is 90.6 cm³/mol. The number of carboxylic acid groups (broad SMARTS) is 1. The highest BCUT2D eigenvalue weighted by molar-refractivity contribution is 5.76. The van der Waals surface area contributed by atoms with Crippen LogP contribution in [0.3, 0.4) is 0 Å². The molecule has 0 radical (unpaired) electrons. The molecule has 0 bridgehead atoms. The van der Waals surface area contributed by atoms with Crippen LogP contribution in [0.15, 0.2) is 0 Å². The summed E-state index contributed by atoms with van der Waals surface area (Å²) in [5.41, 5.74) is 0. The van der Waals surface area contributed by atoms with Gasteiger partial charge in [-0.25, -0.2) is 4.79 Å². The average Bonchev–Trinajstić information content (AvgIpc) is 2.72. The fourth-order valence-corrected chi connectivity index (χ4v) is 3.52. The van der Waals surface area contributed by atoms with Gasteiger partial charge in [0, 0.05) is 13.5 Å². The van der Waals surface area contributed by atoms with Gasteiger partial charge in [0.15, 0.2) is 6.29 Å². The molecule has 0 aliphatic carbocycles. The van der Waals surface area contributed by atoms with Crippen LogP contribution in [0.2, 0.25) is 0 Å². The minimum absolute atomic E-state index is 0.796. The van der Waals surface area contributed by atoms with Gasteiger partial charge in [-0.1, -0.05) is 0 Å². The molecule has 2 aliphatic rings. The highest BCUT2D eigenvalue weighted by Gasteiger charge is 2.59. The van der Waals surface area contributed by atoms with Gasteiger partial charge in [0.05, 0.1) is 19.3 Å². The molecule has 2 aliphatic heterocycles. The van der Waals surface area contributed by atoms with Gasteiger partial charge in [0.25, 0.3) is 5.79 Å². The molecule has 30 heavy (non-hydrogen) atoms. The Morgan fingerprint density at radius 3 is 2.27 bits per heavy atom. The van der Waals surface area contributed by atoms with Crippen molar-refractivity contribution in [2.75, 3.05) is 20.3 Å². The minimum Gasteiger partial charge on any atom is -0.477 e. The van der Waals surface area contributed by atoms with E-state index in [9.17, 15) is 45.6 Å². The molecule has 0 saturated carbocycles. The largest absolute Gasteiger partial charge is 0.477 e. The van der Waals surface area contributed by atoms with Crippen molar-refractivity contribution in [3.05, 3.63) is 0 Å². The first-order valence-electron chi connectivity index (χ1n) is 9.10. The van der Waals surface area contributed by atoms with Crippen molar-refractivity contribution in [2.45, 2.75) is 73.4 Å². The Balaban J connectivity index is 2.38. The summed E-state index contributed by atoms with van der Waals surface area (Å²) in [6, 6.07) is 0. The van der Waals surface area contributed by atoms with Crippen LogP contribution in [0.1, 0.15) is 6.42 Å². The Kier molecular flexibility index (Phi) is 8.48. The third-order valence-electron chi connectivity index (χ3n) is 5.19. The van der Waals surface area contributed by atoms with E-state index in [-0.39, 0.29) is 0 Å². The van der Waals surface area contributed by atoms with Crippen LogP contribution in [0.25, 0.3) is 0 Å². The SMILES string of the molecule is CO[C@H]1[C@H]([C@H](O)[C@H](O)CO)O[C@@](O[C@@H]2[C@@H](O)[C@H](O)O[C@H](CO)[C@@H]2O)(C(=O)O)C[C@@H]1O. The van der Waals surface area contributed by atoms with Crippen LogP contribution in [0, 0.1) is 0 Å². The molecule has 2 saturated heterocycles. The summed E-state index contributed by atoms with van der Waals surface area (Å²) in [5.74, 6) is -4.60. The molecular formula is C16H28O14. The number of aliphatic hydroxyl groups excluding tert-OH is 8. The summed E-state index contributed by atoms with van der Waals surface area (Å²) < 4.78 is 20.5. The topological polar surface area (TPSA) is 236 Å².